The van der Waals surface area contributed by atoms with E-state index in [0.717, 1.165) is 5.56 Å². The Balaban J connectivity index is 2.92. The van der Waals surface area contributed by atoms with Crippen molar-refractivity contribution in [1.82, 2.24) is 0 Å². The molecule has 0 aliphatic rings. The molecule has 5 heteroatoms. The van der Waals surface area contributed by atoms with E-state index >= 15 is 0 Å². The third kappa shape index (κ3) is 3.64. The third-order valence-corrected chi connectivity index (χ3v) is 2.23. The number of hydrogen-bond acceptors (Lipinski definition) is 4. The van der Waals surface area contributed by atoms with Crippen molar-refractivity contribution in [1.29, 1.82) is 0 Å². The number of nitrogens with zero attached hydrogens (tertiary/aromatic N) is 1. The number of rotatable bonds is 5. The highest BCUT2D eigenvalue weighted by Crippen LogP contribution is 2.20. The molecule has 0 amide bonds. The van der Waals surface area contributed by atoms with Crippen molar-refractivity contribution in [3.8, 4) is 5.75 Å². The Hall–Kier alpha value is -1.75. The summed E-state index contributed by atoms with van der Waals surface area (Å²) in [5.74, 6) is 0.586. The molecule has 17 heavy (non-hydrogen) atoms. The molecule has 0 spiro atoms. The molecule has 1 aromatic carbocycles. The van der Waals surface area contributed by atoms with Crippen molar-refractivity contribution in [3.05, 3.63) is 29.3 Å². The zero-order chi connectivity index (χ0) is 12.8. The molecule has 0 saturated heterocycles. The van der Waals surface area contributed by atoms with E-state index in [1.165, 1.54) is 7.11 Å². The fourth-order valence-corrected chi connectivity index (χ4v) is 1.35. The Bertz CT molecular complexity index is 403. The van der Waals surface area contributed by atoms with Crippen LogP contribution in [0.25, 0.3) is 0 Å². The molecule has 94 valence electrons. The van der Waals surface area contributed by atoms with Crippen molar-refractivity contribution < 1.29 is 14.7 Å². The monoisotopic (exact) mass is 238 g/mol. The minimum Gasteiger partial charge on any atom is -0.496 e. The molecule has 0 bridgehead atoms. The highest BCUT2D eigenvalue weighted by molar-refractivity contribution is 5.99. The first-order valence-corrected chi connectivity index (χ1v) is 5.35. The highest BCUT2D eigenvalue weighted by atomic mass is 16.5. The van der Waals surface area contributed by atoms with Crippen molar-refractivity contribution >= 4 is 5.84 Å². The number of methoxy groups -OCH3 is 1. The Morgan fingerprint density at radius 2 is 2.18 bits per heavy atom. The number of amidine groups is 1. The molecule has 0 aliphatic carbocycles. The Morgan fingerprint density at radius 3 is 2.71 bits per heavy atom. The summed E-state index contributed by atoms with van der Waals surface area (Å²) in [6.07, 6.45) is 0.171. The maximum atomic E-state index is 8.64. The Labute approximate surface area is 101 Å². The smallest absolute Gasteiger partial charge is 0.173 e. The van der Waals surface area contributed by atoms with E-state index in [4.69, 9.17) is 20.4 Å². The molecule has 3 N–H and O–H groups in total. The zero-order valence-electron chi connectivity index (χ0n) is 10.3. The number of benzene rings is 1. The van der Waals surface area contributed by atoms with E-state index in [1.54, 1.807) is 6.07 Å². The van der Waals surface area contributed by atoms with Gasteiger partial charge in [-0.1, -0.05) is 11.2 Å². The molecule has 0 radical (unpaired) electrons. The molecule has 0 fully saturated rings. The van der Waals surface area contributed by atoms with Crippen molar-refractivity contribution in [2.45, 2.75) is 26.6 Å². The molecule has 0 saturated carbocycles. The summed E-state index contributed by atoms with van der Waals surface area (Å²) in [7, 11) is 1.54. The summed E-state index contributed by atoms with van der Waals surface area (Å²) in [6, 6.07) is 5.42. The van der Waals surface area contributed by atoms with Gasteiger partial charge in [0.15, 0.2) is 5.84 Å². The highest BCUT2D eigenvalue weighted by Gasteiger charge is 2.09. The second-order valence-corrected chi connectivity index (χ2v) is 3.88. The van der Waals surface area contributed by atoms with Gasteiger partial charge in [-0.2, -0.15) is 0 Å². The van der Waals surface area contributed by atoms with Gasteiger partial charge < -0.3 is 20.4 Å². The topological polar surface area (TPSA) is 77.1 Å². The van der Waals surface area contributed by atoms with E-state index in [1.807, 2.05) is 26.0 Å². The standard InChI is InChI=1S/C12H18N2O3/c1-8(2)17-7-9-4-5-10(12(13)14-15)11(6-9)16-3/h4-6,8,15H,7H2,1-3H3,(H2,13,14). The third-order valence-electron chi connectivity index (χ3n) is 2.23. The first-order chi connectivity index (χ1) is 8.08. The average Bonchev–Trinajstić information content (AvgIpc) is 2.34. The lowest BCUT2D eigenvalue weighted by molar-refractivity contribution is 0.0656. The van der Waals surface area contributed by atoms with Gasteiger partial charge in [-0.05, 0) is 31.5 Å². The van der Waals surface area contributed by atoms with Crippen LogP contribution in [0.1, 0.15) is 25.0 Å². The molecule has 1 rings (SSSR count). The molecule has 5 nitrogen and oxygen atoms in total. The molecular weight excluding hydrogens is 220 g/mol. The lowest BCUT2D eigenvalue weighted by Crippen LogP contribution is -2.14. The maximum Gasteiger partial charge on any atom is 0.173 e. The van der Waals surface area contributed by atoms with Crippen LogP contribution in [0.3, 0.4) is 0 Å². The van der Waals surface area contributed by atoms with Crippen LogP contribution in [0.15, 0.2) is 23.4 Å². The molecule has 1 aromatic rings. The predicted molar refractivity (Wildman–Crippen MR) is 65.4 cm³/mol. The van der Waals surface area contributed by atoms with Crippen LogP contribution in [0.2, 0.25) is 0 Å². The van der Waals surface area contributed by atoms with Crippen molar-refractivity contribution in [3.63, 3.8) is 0 Å². The second kappa shape index (κ2) is 6.10. The van der Waals surface area contributed by atoms with E-state index in [2.05, 4.69) is 5.16 Å². The SMILES string of the molecule is COc1cc(COC(C)C)ccc1/C(N)=N/O. The van der Waals surface area contributed by atoms with Gasteiger partial charge in [-0.3, -0.25) is 0 Å². The first kappa shape index (κ1) is 13.3. The average molecular weight is 238 g/mol. The minimum absolute atomic E-state index is 0.0261. The van der Waals surface area contributed by atoms with Gasteiger partial charge in [0, 0.05) is 0 Å². The fourth-order valence-electron chi connectivity index (χ4n) is 1.35. The summed E-state index contributed by atoms with van der Waals surface area (Å²) >= 11 is 0. The quantitative estimate of drug-likeness (QED) is 0.354. The predicted octanol–water partition coefficient (Wildman–Crippen LogP) is 1.71. The molecule has 0 unspecified atom stereocenters. The molecular formula is C12H18N2O3. The van der Waals surface area contributed by atoms with Crippen LogP contribution in [-0.2, 0) is 11.3 Å². The van der Waals surface area contributed by atoms with Crippen LogP contribution >= 0.6 is 0 Å². The number of nitrogens with two attached hydrogens (primary N) is 1. The molecule has 0 aliphatic heterocycles. The molecule has 0 atom stereocenters. The summed E-state index contributed by atoms with van der Waals surface area (Å²) in [6.45, 7) is 4.45. The summed E-state index contributed by atoms with van der Waals surface area (Å²) < 4.78 is 10.7. The summed E-state index contributed by atoms with van der Waals surface area (Å²) in [4.78, 5) is 0. The number of oxime groups is 1. The van der Waals surface area contributed by atoms with Crippen molar-refractivity contribution in [2.75, 3.05) is 7.11 Å². The Morgan fingerprint density at radius 1 is 1.47 bits per heavy atom. The largest absolute Gasteiger partial charge is 0.496 e. The van der Waals surface area contributed by atoms with Gasteiger partial charge in [0.25, 0.3) is 0 Å². The zero-order valence-corrected chi connectivity index (χ0v) is 10.3. The first-order valence-electron chi connectivity index (χ1n) is 5.35. The van der Waals surface area contributed by atoms with E-state index in [-0.39, 0.29) is 11.9 Å². The van der Waals surface area contributed by atoms with Crippen LogP contribution in [-0.4, -0.2) is 24.3 Å². The van der Waals surface area contributed by atoms with E-state index in [9.17, 15) is 0 Å². The fraction of sp³-hybridized carbons (Fsp3) is 0.417. The van der Waals surface area contributed by atoms with E-state index < -0.39 is 0 Å². The second-order valence-electron chi connectivity index (χ2n) is 3.88. The van der Waals surface area contributed by atoms with Gasteiger partial charge in [-0.25, -0.2) is 0 Å². The van der Waals surface area contributed by atoms with Crippen LogP contribution < -0.4 is 10.5 Å². The molecule has 0 heterocycles. The van der Waals surface area contributed by atoms with Crippen LogP contribution in [0.4, 0.5) is 0 Å². The van der Waals surface area contributed by atoms with Crippen molar-refractivity contribution in [2.24, 2.45) is 10.9 Å². The summed E-state index contributed by atoms with van der Waals surface area (Å²) in [5, 5.41) is 11.6. The number of ether oxygens (including phenoxy) is 2. The maximum absolute atomic E-state index is 8.64. The van der Waals surface area contributed by atoms with Gasteiger partial charge in [0.05, 0.1) is 25.4 Å². The van der Waals surface area contributed by atoms with Gasteiger partial charge >= 0.3 is 0 Å². The Kier molecular flexibility index (Phi) is 4.78. The lowest BCUT2D eigenvalue weighted by Gasteiger charge is -2.11. The van der Waals surface area contributed by atoms with Gasteiger partial charge in [-0.15, -0.1) is 0 Å². The van der Waals surface area contributed by atoms with Gasteiger partial charge in [0.2, 0.25) is 0 Å². The number of hydrogen-bond donors (Lipinski definition) is 2. The van der Waals surface area contributed by atoms with Gasteiger partial charge in [0.1, 0.15) is 5.75 Å². The molecule has 0 aromatic heterocycles. The normalized spacial score (nSPS) is 11.9. The summed E-state index contributed by atoms with van der Waals surface area (Å²) in [5.41, 5.74) is 7.07. The van der Waals surface area contributed by atoms with Crippen LogP contribution in [0.5, 0.6) is 5.75 Å². The lowest BCUT2D eigenvalue weighted by atomic mass is 10.1. The van der Waals surface area contributed by atoms with Crippen LogP contribution in [0, 0.1) is 0 Å². The minimum atomic E-state index is 0.0261. The van der Waals surface area contributed by atoms with E-state index in [0.29, 0.717) is 17.9 Å².